The molecule has 1 heterocycles. The van der Waals surface area contributed by atoms with Gasteiger partial charge in [-0.1, -0.05) is 12.1 Å². The third-order valence-electron chi connectivity index (χ3n) is 3.64. The van der Waals surface area contributed by atoms with Gasteiger partial charge in [-0.25, -0.2) is 4.98 Å². The Hall–Kier alpha value is -1.93. The van der Waals surface area contributed by atoms with Gasteiger partial charge in [-0.3, -0.25) is 9.36 Å². The van der Waals surface area contributed by atoms with Crippen molar-refractivity contribution in [2.24, 2.45) is 0 Å². The van der Waals surface area contributed by atoms with Gasteiger partial charge in [0, 0.05) is 10.9 Å². The molecule has 0 aliphatic carbocycles. The van der Waals surface area contributed by atoms with Gasteiger partial charge in [0.15, 0.2) is 16.6 Å². The second-order valence-corrected chi connectivity index (χ2v) is 8.54. The molecule has 0 unspecified atom stereocenters. The Bertz CT molecular complexity index is 831. The summed E-state index contributed by atoms with van der Waals surface area (Å²) in [5.74, 6) is 0.839. The molecule has 0 saturated carbocycles. The number of amides is 1. The number of carbonyl (C=O) groups is 1. The van der Waals surface area contributed by atoms with Gasteiger partial charge in [0.25, 0.3) is 0 Å². The first-order valence-electron chi connectivity index (χ1n) is 8.76. The van der Waals surface area contributed by atoms with E-state index < -0.39 is 7.60 Å². The monoisotopic (exact) mass is 428 g/mol. The van der Waals surface area contributed by atoms with Crippen LogP contribution in [-0.2, 0) is 31.0 Å². The molecule has 1 aromatic heterocycles. The quantitative estimate of drug-likeness (QED) is 0.538. The number of para-hydroxylation sites is 1. The summed E-state index contributed by atoms with van der Waals surface area (Å²) in [6, 6.07) is 5.36. The van der Waals surface area contributed by atoms with Crippen LogP contribution in [0.25, 0.3) is 0 Å². The molecular weight excluding hydrogens is 403 g/mol. The SMILES string of the molecule is CCOP(=O)(Cc1csc(NC(=O)Cc2cccc(OC)c2OC)n1)OCC. The first-order valence-corrected chi connectivity index (χ1v) is 11.4. The number of nitrogens with one attached hydrogen (secondary N) is 1. The minimum absolute atomic E-state index is 0.0603. The first kappa shape index (κ1) is 22.4. The van der Waals surface area contributed by atoms with E-state index in [4.69, 9.17) is 18.5 Å². The Morgan fingerprint density at radius 3 is 2.50 bits per heavy atom. The van der Waals surface area contributed by atoms with Gasteiger partial charge in [0.05, 0.1) is 45.7 Å². The minimum Gasteiger partial charge on any atom is -0.493 e. The van der Waals surface area contributed by atoms with Crippen LogP contribution in [-0.4, -0.2) is 38.3 Å². The van der Waals surface area contributed by atoms with Crippen molar-refractivity contribution in [1.82, 2.24) is 4.98 Å². The minimum atomic E-state index is -3.24. The van der Waals surface area contributed by atoms with Gasteiger partial charge in [-0.2, -0.15) is 0 Å². The van der Waals surface area contributed by atoms with E-state index >= 15 is 0 Å². The number of thiazole rings is 1. The molecule has 0 saturated heterocycles. The molecule has 0 spiro atoms. The van der Waals surface area contributed by atoms with Crippen LogP contribution >= 0.6 is 18.9 Å². The van der Waals surface area contributed by atoms with Crippen molar-refractivity contribution in [2.45, 2.75) is 26.4 Å². The number of aromatic nitrogens is 1. The van der Waals surface area contributed by atoms with Crippen LogP contribution in [0.5, 0.6) is 11.5 Å². The number of rotatable bonds is 11. The zero-order valence-corrected chi connectivity index (χ0v) is 18.1. The standard InChI is InChI=1S/C18H25N2O6PS/c1-5-25-27(22,26-6-2)11-14-12-28-18(19-14)20-16(21)10-13-8-7-9-15(23-3)17(13)24-4/h7-9,12H,5-6,10-11H2,1-4H3,(H,19,20,21). The highest BCUT2D eigenvalue weighted by molar-refractivity contribution is 7.53. The predicted molar refractivity (Wildman–Crippen MR) is 109 cm³/mol. The number of carbonyl (C=O) groups excluding carboxylic acids is 1. The fourth-order valence-electron chi connectivity index (χ4n) is 2.59. The lowest BCUT2D eigenvalue weighted by Gasteiger charge is -2.15. The number of hydrogen-bond acceptors (Lipinski definition) is 8. The number of hydrogen-bond donors (Lipinski definition) is 1. The largest absolute Gasteiger partial charge is 0.493 e. The van der Waals surface area contributed by atoms with Gasteiger partial charge in [-0.05, 0) is 19.9 Å². The summed E-state index contributed by atoms with van der Waals surface area (Å²) in [5.41, 5.74) is 1.25. The molecular formula is C18H25N2O6PS. The van der Waals surface area contributed by atoms with E-state index in [9.17, 15) is 9.36 Å². The number of benzene rings is 1. The second kappa shape index (κ2) is 10.6. The van der Waals surface area contributed by atoms with E-state index in [0.29, 0.717) is 27.9 Å². The van der Waals surface area contributed by atoms with E-state index in [-0.39, 0.29) is 31.7 Å². The molecule has 0 fully saturated rings. The summed E-state index contributed by atoms with van der Waals surface area (Å²) in [4.78, 5) is 16.7. The Labute approximate surface area is 168 Å². The van der Waals surface area contributed by atoms with Crippen molar-refractivity contribution in [2.75, 3.05) is 32.8 Å². The van der Waals surface area contributed by atoms with Crippen molar-refractivity contribution >= 4 is 30.0 Å². The zero-order chi connectivity index (χ0) is 20.6. The van der Waals surface area contributed by atoms with Crippen LogP contribution in [0.2, 0.25) is 0 Å². The lowest BCUT2D eigenvalue weighted by molar-refractivity contribution is -0.115. The van der Waals surface area contributed by atoms with Crippen molar-refractivity contribution in [3.63, 3.8) is 0 Å². The van der Waals surface area contributed by atoms with Gasteiger partial charge in [0.2, 0.25) is 5.91 Å². The third-order valence-corrected chi connectivity index (χ3v) is 6.46. The Balaban J connectivity index is 2.04. The number of anilines is 1. The summed E-state index contributed by atoms with van der Waals surface area (Å²) in [7, 11) is -0.163. The molecule has 1 aromatic carbocycles. The Morgan fingerprint density at radius 2 is 1.89 bits per heavy atom. The van der Waals surface area contributed by atoms with Crippen molar-refractivity contribution < 1.29 is 27.9 Å². The molecule has 2 rings (SSSR count). The van der Waals surface area contributed by atoms with Crippen LogP contribution < -0.4 is 14.8 Å². The fraction of sp³-hybridized carbons (Fsp3) is 0.444. The van der Waals surface area contributed by atoms with Gasteiger partial charge < -0.3 is 23.8 Å². The van der Waals surface area contributed by atoms with Crippen LogP contribution in [0.3, 0.4) is 0 Å². The Morgan fingerprint density at radius 1 is 1.18 bits per heavy atom. The van der Waals surface area contributed by atoms with Crippen LogP contribution in [0.15, 0.2) is 23.6 Å². The number of nitrogens with zero attached hydrogens (tertiary/aromatic N) is 1. The van der Waals surface area contributed by atoms with Crippen LogP contribution in [0.1, 0.15) is 25.1 Å². The van der Waals surface area contributed by atoms with E-state index in [1.165, 1.54) is 18.4 Å². The highest BCUT2D eigenvalue weighted by Crippen LogP contribution is 2.51. The zero-order valence-electron chi connectivity index (χ0n) is 16.4. The van der Waals surface area contributed by atoms with Crippen molar-refractivity contribution in [1.29, 1.82) is 0 Å². The summed E-state index contributed by atoms with van der Waals surface area (Å²) in [5, 5.41) is 4.90. The normalized spacial score (nSPS) is 11.3. The number of ether oxygens (including phenoxy) is 2. The average molecular weight is 428 g/mol. The van der Waals surface area contributed by atoms with E-state index in [1.807, 2.05) is 0 Å². The Kier molecular flexibility index (Phi) is 8.44. The molecule has 1 N–H and O–H groups in total. The number of methoxy groups -OCH3 is 2. The van der Waals surface area contributed by atoms with E-state index in [0.717, 1.165) is 0 Å². The van der Waals surface area contributed by atoms with Crippen LogP contribution in [0, 0.1) is 0 Å². The molecule has 0 aliphatic heterocycles. The smallest absolute Gasteiger partial charge is 0.336 e. The predicted octanol–water partition coefficient (Wildman–Crippen LogP) is 4.11. The first-order chi connectivity index (χ1) is 13.4. The van der Waals surface area contributed by atoms with Gasteiger partial charge in [-0.15, -0.1) is 11.3 Å². The molecule has 0 atom stereocenters. The molecule has 0 radical (unpaired) electrons. The summed E-state index contributed by atoms with van der Waals surface area (Å²) < 4.78 is 33.7. The topological polar surface area (TPSA) is 96.0 Å². The summed E-state index contributed by atoms with van der Waals surface area (Å²) in [6.07, 6.45) is 0.163. The molecule has 1 amide bonds. The summed E-state index contributed by atoms with van der Waals surface area (Å²) in [6.45, 7) is 4.08. The maximum atomic E-state index is 12.6. The molecule has 0 aliphatic rings. The molecule has 154 valence electrons. The molecule has 28 heavy (non-hydrogen) atoms. The van der Waals surface area contributed by atoms with E-state index in [2.05, 4.69) is 10.3 Å². The maximum absolute atomic E-state index is 12.6. The molecule has 8 nitrogen and oxygen atoms in total. The maximum Gasteiger partial charge on any atom is 0.336 e. The second-order valence-electron chi connectivity index (χ2n) is 5.63. The third kappa shape index (κ3) is 6.04. The molecule has 10 heteroatoms. The van der Waals surface area contributed by atoms with Crippen molar-refractivity contribution in [3.05, 3.63) is 34.8 Å². The average Bonchev–Trinajstić information content (AvgIpc) is 3.07. The van der Waals surface area contributed by atoms with Crippen LogP contribution in [0.4, 0.5) is 5.13 Å². The van der Waals surface area contributed by atoms with Crippen molar-refractivity contribution in [3.8, 4) is 11.5 Å². The van der Waals surface area contributed by atoms with E-state index in [1.54, 1.807) is 44.5 Å². The lowest BCUT2D eigenvalue weighted by atomic mass is 10.1. The lowest BCUT2D eigenvalue weighted by Crippen LogP contribution is -2.15. The highest BCUT2D eigenvalue weighted by Gasteiger charge is 2.25. The molecule has 0 bridgehead atoms. The fourth-order valence-corrected chi connectivity index (χ4v) is 5.04. The van der Waals surface area contributed by atoms with Gasteiger partial charge >= 0.3 is 7.60 Å². The molecule has 2 aromatic rings. The summed E-state index contributed by atoms with van der Waals surface area (Å²) >= 11 is 1.25. The highest BCUT2D eigenvalue weighted by atomic mass is 32.1. The van der Waals surface area contributed by atoms with Gasteiger partial charge in [0.1, 0.15) is 0 Å².